The van der Waals surface area contributed by atoms with E-state index in [4.69, 9.17) is 76.5 Å². The highest BCUT2D eigenvalue weighted by Gasteiger charge is 2.35. The molecular formula is C47H58Cl4N12. The fourth-order valence-electron chi connectivity index (χ4n) is 10.4. The second-order valence-corrected chi connectivity index (χ2v) is 19.9. The molecule has 8 heterocycles. The van der Waals surface area contributed by atoms with Crippen LogP contribution in [0.15, 0.2) is 48.8 Å². The van der Waals surface area contributed by atoms with Crippen molar-refractivity contribution in [3.8, 4) is 0 Å². The van der Waals surface area contributed by atoms with E-state index in [1.54, 1.807) is 12.1 Å². The molecule has 0 bridgehead atoms. The van der Waals surface area contributed by atoms with Crippen LogP contribution in [0.4, 0.5) is 11.6 Å². The van der Waals surface area contributed by atoms with Gasteiger partial charge in [0.25, 0.3) is 0 Å². The van der Waals surface area contributed by atoms with E-state index in [0.717, 1.165) is 82.7 Å². The fourth-order valence-corrected chi connectivity index (χ4v) is 11.5. The third-order valence-corrected chi connectivity index (χ3v) is 15.1. The van der Waals surface area contributed by atoms with Crippen molar-refractivity contribution in [1.82, 2.24) is 49.3 Å². The number of rotatable bonds is 8. The van der Waals surface area contributed by atoms with Crippen LogP contribution in [0.25, 0.3) is 22.3 Å². The predicted octanol–water partition coefficient (Wildman–Crippen LogP) is 10.3. The summed E-state index contributed by atoms with van der Waals surface area (Å²) in [6.07, 6.45) is 10.2. The molecule has 0 N–H and O–H groups in total. The van der Waals surface area contributed by atoms with Crippen LogP contribution in [0, 0.1) is 25.7 Å². The first-order valence-corrected chi connectivity index (χ1v) is 24.2. The fraction of sp³-hybridized carbons (Fsp3) is 0.532. The molecule has 6 unspecified atom stereocenters. The Balaban J connectivity index is 0.000000160. The maximum absolute atomic E-state index is 6.49. The van der Waals surface area contributed by atoms with Gasteiger partial charge in [0.15, 0.2) is 11.3 Å². The van der Waals surface area contributed by atoms with Gasteiger partial charge in [0.05, 0.1) is 35.9 Å². The highest BCUT2D eigenvalue weighted by molar-refractivity contribution is 6.35. The Bertz CT molecular complexity index is 2590. The average Bonchev–Trinajstić information content (AvgIpc) is 3.98. The molecule has 16 heteroatoms. The van der Waals surface area contributed by atoms with Crippen molar-refractivity contribution in [1.29, 1.82) is 0 Å². The molecule has 4 aliphatic heterocycles. The molecule has 0 spiro atoms. The highest BCUT2D eigenvalue weighted by Crippen LogP contribution is 2.35. The Morgan fingerprint density at radius 3 is 1.35 bits per heavy atom. The molecule has 6 atom stereocenters. The molecule has 12 nitrogen and oxygen atoms in total. The maximum atomic E-state index is 6.49. The van der Waals surface area contributed by atoms with Gasteiger partial charge in [-0.25, -0.2) is 29.3 Å². The summed E-state index contributed by atoms with van der Waals surface area (Å²) in [6, 6.07) is 12.4. The van der Waals surface area contributed by atoms with Gasteiger partial charge in [-0.15, -0.1) is 0 Å². The number of anilines is 2. The first kappa shape index (κ1) is 44.4. The summed E-state index contributed by atoms with van der Waals surface area (Å²) in [5.41, 5.74) is 6.95. The third kappa shape index (κ3) is 8.97. The summed E-state index contributed by atoms with van der Waals surface area (Å²) in [5.74, 6) is 3.08. The molecule has 10 rings (SSSR count). The number of fused-ring (bicyclic) bond motifs is 2. The summed E-state index contributed by atoms with van der Waals surface area (Å²) in [5, 5.41) is 12.0. The van der Waals surface area contributed by atoms with Crippen LogP contribution in [0.5, 0.6) is 0 Å². The minimum Gasteiger partial charge on any atom is -0.355 e. The lowest BCUT2D eigenvalue weighted by Gasteiger charge is -2.46. The van der Waals surface area contributed by atoms with Crippen molar-refractivity contribution in [3.05, 3.63) is 91.4 Å². The van der Waals surface area contributed by atoms with Gasteiger partial charge in [-0.05, 0) is 133 Å². The molecule has 0 amide bonds. The Hall–Kier alpha value is -3.78. The van der Waals surface area contributed by atoms with Crippen LogP contribution in [0.2, 0.25) is 20.1 Å². The standard InChI is InChI=1S/C24H30Cl2N6.C23H28Cl2N6/c1-15-14-31(11-8-21(15)30-9-4-5-10-30)22-13-27-23-16(2)29-32(24(23)28-22)17(3)19-7-6-18(25)12-20(19)26;1-14-13-30(10-7-20(14)29-8-4-9-29)21-12-26-22-15(2)28-31(23(22)27-21)16(3)18-6-5-17(24)11-19(18)25/h6-7,12-13,15,17,21H,4-5,8-11,14H2,1-3H3;5-6,11-12,14,16,20H,4,7-10,13H2,1-3H3. The van der Waals surface area contributed by atoms with Gasteiger partial charge in [-0.3, -0.25) is 9.80 Å². The van der Waals surface area contributed by atoms with Crippen LogP contribution in [0.1, 0.15) is 94.4 Å². The van der Waals surface area contributed by atoms with Crippen LogP contribution in [0.3, 0.4) is 0 Å². The summed E-state index contributed by atoms with van der Waals surface area (Å²) >= 11 is 25.2. The molecular weight excluding hydrogens is 874 g/mol. The van der Waals surface area contributed by atoms with Gasteiger partial charge < -0.3 is 9.80 Å². The van der Waals surface area contributed by atoms with Crippen LogP contribution in [-0.2, 0) is 0 Å². The van der Waals surface area contributed by atoms with Gasteiger partial charge in [-0.2, -0.15) is 10.2 Å². The Labute approximate surface area is 390 Å². The zero-order valence-electron chi connectivity index (χ0n) is 37.2. The lowest BCUT2D eigenvalue weighted by Crippen LogP contribution is -2.54. The number of benzene rings is 2. The number of likely N-dealkylation sites (tertiary alicyclic amines) is 2. The molecule has 0 aliphatic carbocycles. The topological polar surface area (TPSA) is 100 Å². The number of hydrogen-bond acceptors (Lipinski definition) is 10. The van der Waals surface area contributed by atoms with Gasteiger partial charge >= 0.3 is 0 Å². The largest absolute Gasteiger partial charge is 0.355 e. The van der Waals surface area contributed by atoms with Crippen molar-refractivity contribution in [2.45, 2.75) is 97.8 Å². The molecule has 0 radical (unpaired) electrons. The molecule has 63 heavy (non-hydrogen) atoms. The monoisotopic (exact) mass is 930 g/mol. The highest BCUT2D eigenvalue weighted by atomic mass is 35.5. The van der Waals surface area contributed by atoms with Crippen molar-refractivity contribution in [3.63, 3.8) is 0 Å². The summed E-state index contributed by atoms with van der Waals surface area (Å²) in [7, 11) is 0. The van der Waals surface area contributed by atoms with Crippen LogP contribution >= 0.6 is 46.4 Å². The number of nitrogens with zero attached hydrogens (tertiary/aromatic N) is 12. The molecule has 4 aliphatic rings. The maximum Gasteiger partial charge on any atom is 0.179 e. The number of piperidine rings is 2. The Morgan fingerprint density at radius 1 is 0.571 bits per heavy atom. The van der Waals surface area contributed by atoms with E-state index >= 15 is 0 Å². The molecule has 0 saturated carbocycles. The first-order valence-electron chi connectivity index (χ1n) is 22.7. The number of halogens is 4. The van der Waals surface area contributed by atoms with Crippen LogP contribution in [-0.4, -0.2) is 114 Å². The SMILES string of the molecule is Cc1nn(C(C)c2ccc(Cl)cc2Cl)c2nc(N3CCC(N4CCC4)C(C)C3)cnc12.Cc1nn(C(C)c2ccc(Cl)cc2Cl)c2nc(N3CCC(N4CCCC4)C(C)C3)cnc12. The minimum atomic E-state index is -0.0830. The van der Waals surface area contributed by atoms with Gasteiger partial charge in [0, 0.05) is 58.4 Å². The smallest absolute Gasteiger partial charge is 0.179 e. The van der Waals surface area contributed by atoms with Crippen molar-refractivity contribution < 1.29 is 0 Å². The lowest BCUT2D eigenvalue weighted by molar-refractivity contribution is 0.0696. The molecule has 334 valence electrons. The van der Waals surface area contributed by atoms with E-state index in [9.17, 15) is 0 Å². The van der Waals surface area contributed by atoms with Gasteiger partial charge in [0.1, 0.15) is 22.7 Å². The van der Waals surface area contributed by atoms with Gasteiger partial charge in [0.2, 0.25) is 0 Å². The number of aromatic nitrogens is 8. The lowest BCUT2D eigenvalue weighted by atomic mass is 9.90. The number of hydrogen-bond donors (Lipinski definition) is 0. The number of aryl methyl sites for hydroxylation is 2. The summed E-state index contributed by atoms with van der Waals surface area (Å²) < 4.78 is 3.88. The van der Waals surface area contributed by atoms with E-state index in [0.29, 0.717) is 44.0 Å². The molecule has 4 saturated heterocycles. The van der Waals surface area contributed by atoms with E-state index in [1.165, 1.54) is 58.3 Å². The Kier molecular flexibility index (Phi) is 13.1. The summed E-state index contributed by atoms with van der Waals surface area (Å²) in [4.78, 5) is 29.7. The van der Waals surface area contributed by atoms with Crippen molar-refractivity contribution in [2.24, 2.45) is 11.8 Å². The molecule has 4 aromatic heterocycles. The third-order valence-electron chi connectivity index (χ3n) is 14.0. The average molecular weight is 933 g/mol. The first-order chi connectivity index (χ1) is 30.3. The van der Waals surface area contributed by atoms with Gasteiger partial charge in [-0.1, -0.05) is 72.4 Å². The zero-order chi connectivity index (χ0) is 44.1. The van der Waals surface area contributed by atoms with E-state index in [2.05, 4.69) is 47.3 Å². The van der Waals surface area contributed by atoms with Crippen molar-refractivity contribution in [2.75, 3.05) is 62.2 Å². The zero-order valence-corrected chi connectivity index (χ0v) is 40.2. The molecule has 2 aromatic carbocycles. The molecule has 4 fully saturated rings. The molecule has 6 aromatic rings. The normalized spacial score (nSPS) is 23.2. The second kappa shape index (κ2) is 18.6. The van der Waals surface area contributed by atoms with Crippen LogP contribution < -0.4 is 9.80 Å². The minimum absolute atomic E-state index is 0.0819. The van der Waals surface area contributed by atoms with E-state index in [1.807, 2.05) is 59.9 Å². The predicted molar refractivity (Wildman–Crippen MR) is 257 cm³/mol. The quantitative estimate of drug-likeness (QED) is 0.147. The summed E-state index contributed by atoms with van der Waals surface area (Å²) in [6.45, 7) is 21.9. The van der Waals surface area contributed by atoms with Crippen molar-refractivity contribution >= 4 is 80.4 Å². The van der Waals surface area contributed by atoms with E-state index < -0.39 is 0 Å². The van der Waals surface area contributed by atoms with E-state index in [-0.39, 0.29) is 12.1 Å². The Morgan fingerprint density at radius 2 is 0.984 bits per heavy atom. The second-order valence-electron chi connectivity index (χ2n) is 18.2.